The van der Waals surface area contributed by atoms with Crippen LogP contribution in [0.2, 0.25) is 0 Å². The molecule has 0 fully saturated rings. The van der Waals surface area contributed by atoms with Gasteiger partial charge in [-0.15, -0.1) is 0 Å². The van der Waals surface area contributed by atoms with Crippen molar-refractivity contribution >= 4 is 6.21 Å². The molecule has 0 aliphatic rings. The summed E-state index contributed by atoms with van der Waals surface area (Å²) in [6.07, 6.45) is 6.24. The molecule has 1 heterocycles. The van der Waals surface area contributed by atoms with Gasteiger partial charge in [0, 0.05) is 30.7 Å². The second-order valence-electron chi connectivity index (χ2n) is 4.26. The first-order chi connectivity index (χ1) is 9.83. The molecule has 0 saturated carbocycles. The third kappa shape index (κ3) is 3.82. The molecule has 4 nitrogen and oxygen atoms in total. The Morgan fingerprint density at radius 2 is 2.00 bits per heavy atom. The molecule has 0 unspecified atom stereocenters. The van der Waals surface area contributed by atoms with Gasteiger partial charge < -0.3 is 9.47 Å². The van der Waals surface area contributed by atoms with Crippen molar-refractivity contribution in [2.24, 2.45) is 4.99 Å². The molecule has 2 aromatic rings. The molecule has 0 radical (unpaired) electrons. The van der Waals surface area contributed by atoms with Gasteiger partial charge in [-0.05, 0) is 30.2 Å². The van der Waals surface area contributed by atoms with Crippen LogP contribution in [0.5, 0.6) is 11.5 Å². The number of aliphatic imine (C=N–C) groups is 1. The lowest BCUT2D eigenvalue weighted by molar-refractivity contribution is 0.354. The van der Waals surface area contributed by atoms with Gasteiger partial charge in [0.2, 0.25) is 0 Å². The van der Waals surface area contributed by atoms with Crippen LogP contribution in [0.4, 0.5) is 0 Å². The molecule has 0 saturated heterocycles. The van der Waals surface area contributed by atoms with Gasteiger partial charge in [-0.25, -0.2) is 0 Å². The number of rotatable bonds is 6. The Labute approximate surface area is 119 Å². The van der Waals surface area contributed by atoms with Crippen molar-refractivity contribution < 1.29 is 9.47 Å². The maximum atomic E-state index is 5.28. The molecule has 0 aliphatic carbocycles. The van der Waals surface area contributed by atoms with Crippen LogP contribution < -0.4 is 9.47 Å². The van der Waals surface area contributed by atoms with E-state index in [-0.39, 0.29) is 0 Å². The summed E-state index contributed by atoms with van der Waals surface area (Å²) in [7, 11) is 3.28. The predicted octanol–water partition coefficient (Wildman–Crippen LogP) is 2.76. The van der Waals surface area contributed by atoms with E-state index in [1.165, 1.54) is 5.56 Å². The van der Waals surface area contributed by atoms with E-state index >= 15 is 0 Å². The van der Waals surface area contributed by atoms with Crippen LogP contribution in [0.1, 0.15) is 11.1 Å². The van der Waals surface area contributed by atoms with Crippen molar-refractivity contribution in [3.05, 3.63) is 53.9 Å². The second kappa shape index (κ2) is 7.28. The smallest absolute Gasteiger partial charge is 0.160 e. The van der Waals surface area contributed by atoms with Crippen molar-refractivity contribution in [3.63, 3.8) is 0 Å². The average Bonchev–Trinajstić information content (AvgIpc) is 2.52. The summed E-state index contributed by atoms with van der Waals surface area (Å²) in [5.41, 5.74) is 2.19. The van der Waals surface area contributed by atoms with Crippen molar-refractivity contribution in [1.82, 2.24) is 4.98 Å². The van der Waals surface area contributed by atoms with Gasteiger partial charge in [-0.3, -0.25) is 9.98 Å². The molecule has 0 N–H and O–H groups in total. The highest BCUT2D eigenvalue weighted by atomic mass is 16.5. The summed E-state index contributed by atoms with van der Waals surface area (Å²) in [4.78, 5) is 8.44. The van der Waals surface area contributed by atoms with Crippen molar-refractivity contribution in [3.8, 4) is 11.5 Å². The maximum absolute atomic E-state index is 5.28. The number of aromatic nitrogens is 1. The Kier molecular flexibility index (Phi) is 5.12. The molecule has 2 rings (SSSR count). The number of hydrogen-bond acceptors (Lipinski definition) is 4. The Balaban J connectivity index is 1.93. The topological polar surface area (TPSA) is 43.7 Å². The maximum Gasteiger partial charge on any atom is 0.160 e. The highest BCUT2D eigenvalue weighted by molar-refractivity contribution is 5.78. The van der Waals surface area contributed by atoms with E-state index in [1.54, 1.807) is 26.6 Å². The standard InChI is InChI=1S/C16H18N2O2/c1-19-15-6-5-13(10-16(15)20-2)7-9-18-12-14-4-3-8-17-11-14/h3-6,8,10-12H,7,9H2,1-2H3. The predicted molar refractivity (Wildman–Crippen MR) is 79.9 cm³/mol. The van der Waals surface area contributed by atoms with E-state index in [2.05, 4.69) is 9.98 Å². The van der Waals surface area contributed by atoms with E-state index in [1.807, 2.05) is 36.5 Å². The summed E-state index contributed by atoms with van der Waals surface area (Å²) in [5.74, 6) is 1.50. The highest BCUT2D eigenvalue weighted by Crippen LogP contribution is 2.27. The van der Waals surface area contributed by atoms with Gasteiger partial charge in [-0.2, -0.15) is 0 Å². The number of hydrogen-bond donors (Lipinski definition) is 0. The molecule has 104 valence electrons. The largest absolute Gasteiger partial charge is 0.493 e. The van der Waals surface area contributed by atoms with Crippen LogP contribution in [0.15, 0.2) is 47.7 Å². The van der Waals surface area contributed by atoms with E-state index in [9.17, 15) is 0 Å². The Morgan fingerprint density at radius 3 is 2.70 bits per heavy atom. The van der Waals surface area contributed by atoms with Gasteiger partial charge in [0.1, 0.15) is 0 Å². The fraction of sp³-hybridized carbons (Fsp3) is 0.250. The Morgan fingerprint density at radius 1 is 1.15 bits per heavy atom. The van der Waals surface area contributed by atoms with Gasteiger partial charge in [0.05, 0.1) is 14.2 Å². The van der Waals surface area contributed by atoms with Crippen LogP contribution in [0, 0.1) is 0 Å². The zero-order valence-corrected chi connectivity index (χ0v) is 11.7. The molecule has 4 heteroatoms. The van der Waals surface area contributed by atoms with E-state index < -0.39 is 0 Å². The lowest BCUT2D eigenvalue weighted by atomic mass is 10.1. The van der Waals surface area contributed by atoms with E-state index in [0.717, 1.165) is 30.0 Å². The summed E-state index contributed by atoms with van der Waals surface area (Å²) in [6.45, 7) is 0.727. The van der Waals surface area contributed by atoms with Crippen LogP contribution in [0.3, 0.4) is 0 Å². The van der Waals surface area contributed by atoms with Gasteiger partial charge in [0.25, 0.3) is 0 Å². The first kappa shape index (κ1) is 14.1. The van der Waals surface area contributed by atoms with Crippen molar-refractivity contribution in [2.45, 2.75) is 6.42 Å². The quantitative estimate of drug-likeness (QED) is 0.758. The zero-order valence-electron chi connectivity index (χ0n) is 11.7. The van der Waals surface area contributed by atoms with Gasteiger partial charge in [-0.1, -0.05) is 12.1 Å². The van der Waals surface area contributed by atoms with E-state index in [0.29, 0.717) is 0 Å². The second-order valence-corrected chi connectivity index (χ2v) is 4.26. The Hall–Kier alpha value is -2.36. The first-order valence-electron chi connectivity index (χ1n) is 6.44. The molecule has 1 aromatic carbocycles. The van der Waals surface area contributed by atoms with Crippen LogP contribution in [-0.2, 0) is 6.42 Å². The zero-order chi connectivity index (χ0) is 14.2. The monoisotopic (exact) mass is 270 g/mol. The third-order valence-electron chi connectivity index (χ3n) is 2.90. The number of benzene rings is 1. The molecule has 20 heavy (non-hydrogen) atoms. The van der Waals surface area contributed by atoms with Gasteiger partial charge >= 0.3 is 0 Å². The minimum absolute atomic E-state index is 0.727. The summed E-state index contributed by atoms with van der Waals surface area (Å²) in [6, 6.07) is 9.81. The summed E-state index contributed by atoms with van der Waals surface area (Å²) in [5, 5.41) is 0. The molecule has 0 spiro atoms. The van der Waals surface area contributed by atoms with E-state index in [4.69, 9.17) is 9.47 Å². The SMILES string of the molecule is COc1ccc(CCN=Cc2cccnc2)cc1OC. The molecule has 0 amide bonds. The number of methoxy groups -OCH3 is 2. The van der Waals surface area contributed by atoms with Crippen molar-refractivity contribution in [1.29, 1.82) is 0 Å². The fourth-order valence-corrected chi connectivity index (χ4v) is 1.85. The summed E-state index contributed by atoms with van der Waals surface area (Å²) < 4.78 is 10.5. The highest BCUT2D eigenvalue weighted by Gasteiger charge is 2.03. The Bertz CT molecular complexity index is 568. The molecule has 0 aliphatic heterocycles. The number of ether oxygens (including phenoxy) is 2. The van der Waals surface area contributed by atoms with Crippen LogP contribution >= 0.6 is 0 Å². The van der Waals surface area contributed by atoms with Crippen molar-refractivity contribution in [2.75, 3.05) is 20.8 Å². The average molecular weight is 270 g/mol. The molecule has 1 aromatic heterocycles. The van der Waals surface area contributed by atoms with Gasteiger partial charge in [0.15, 0.2) is 11.5 Å². The number of nitrogens with zero attached hydrogens (tertiary/aromatic N) is 2. The molecular formula is C16H18N2O2. The van der Waals surface area contributed by atoms with Crippen LogP contribution in [-0.4, -0.2) is 32.0 Å². The van der Waals surface area contributed by atoms with Crippen LogP contribution in [0.25, 0.3) is 0 Å². The fourth-order valence-electron chi connectivity index (χ4n) is 1.85. The molecule has 0 atom stereocenters. The molecular weight excluding hydrogens is 252 g/mol. The minimum atomic E-state index is 0.727. The lowest BCUT2D eigenvalue weighted by Crippen LogP contribution is -1.95. The third-order valence-corrected chi connectivity index (χ3v) is 2.90. The number of pyridine rings is 1. The first-order valence-corrected chi connectivity index (χ1v) is 6.44. The minimum Gasteiger partial charge on any atom is -0.493 e. The normalized spacial score (nSPS) is 10.7. The lowest BCUT2D eigenvalue weighted by Gasteiger charge is -2.08. The summed E-state index contributed by atoms with van der Waals surface area (Å²) >= 11 is 0. The molecule has 0 bridgehead atoms.